The van der Waals surface area contributed by atoms with E-state index in [0.717, 1.165) is 0 Å². The van der Waals surface area contributed by atoms with Gasteiger partial charge < -0.3 is 35.1 Å². The molecule has 0 aromatic heterocycles. The fourth-order valence-corrected chi connectivity index (χ4v) is 2.20. The highest BCUT2D eigenvalue weighted by Crippen LogP contribution is 2.25. The summed E-state index contributed by atoms with van der Waals surface area (Å²) < 4.78 is 15.4. The predicted molar refractivity (Wildman–Crippen MR) is 102 cm³/mol. The molecule has 0 aliphatic rings. The Balaban J connectivity index is 2.71. The number of nitrogens with one attached hydrogen (secondary N) is 2. The van der Waals surface area contributed by atoms with Gasteiger partial charge in [-0.25, -0.2) is 4.79 Å². The number of phenols is 2. The molecule has 0 heterocycles. The Bertz CT molecular complexity index is 644. The predicted octanol–water partition coefficient (Wildman–Crippen LogP) is 1.31. The van der Waals surface area contributed by atoms with Gasteiger partial charge >= 0.3 is 6.09 Å². The second kappa shape index (κ2) is 11.4. The van der Waals surface area contributed by atoms with E-state index in [-0.39, 0.29) is 24.5 Å². The lowest BCUT2D eigenvalue weighted by Gasteiger charge is -2.23. The molecular formula is C19H30N2O7. The Morgan fingerprint density at radius 2 is 1.82 bits per heavy atom. The topological polar surface area (TPSA) is 126 Å². The van der Waals surface area contributed by atoms with Crippen molar-refractivity contribution in [3.05, 3.63) is 23.8 Å². The molecule has 0 bridgehead atoms. The molecule has 9 nitrogen and oxygen atoms in total. The van der Waals surface area contributed by atoms with E-state index in [1.54, 1.807) is 33.9 Å². The number of carbonyl (C=O) groups excluding carboxylic acids is 2. The quantitative estimate of drug-likeness (QED) is 0.346. The number of alkyl carbamates (subject to hydrolysis) is 1. The van der Waals surface area contributed by atoms with Gasteiger partial charge in [0.25, 0.3) is 0 Å². The maximum absolute atomic E-state index is 12.5. The molecule has 0 saturated carbocycles. The number of hydrogen-bond acceptors (Lipinski definition) is 7. The summed E-state index contributed by atoms with van der Waals surface area (Å²) in [7, 11) is 1.57. The molecule has 28 heavy (non-hydrogen) atoms. The summed E-state index contributed by atoms with van der Waals surface area (Å²) in [4.78, 5) is 24.6. The van der Waals surface area contributed by atoms with E-state index < -0.39 is 23.6 Å². The highest BCUT2D eigenvalue weighted by Gasteiger charge is 2.24. The molecule has 0 saturated heterocycles. The van der Waals surface area contributed by atoms with E-state index in [1.165, 1.54) is 12.1 Å². The Kier molecular flexibility index (Phi) is 9.54. The van der Waals surface area contributed by atoms with Crippen molar-refractivity contribution in [2.24, 2.45) is 0 Å². The lowest BCUT2D eigenvalue weighted by molar-refractivity contribution is -0.123. The van der Waals surface area contributed by atoms with Crippen LogP contribution in [0.2, 0.25) is 0 Å². The van der Waals surface area contributed by atoms with Crippen molar-refractivity contribution >= 4 is 12.0 Å². The minimum Gasteiger partial charge on any atom is -0.504 e. The van der Waals surface area contributed by atoms with Gasteiger partial charge in [-0.3, -0.25) is 4.79 Å². The van der Waals surface area contributed by atoms with Crippen LogP contribution in [0.4, 0.5) is 4.79 Å². The molecule has 1 atom stereocenters. The minimum absolute atomic E-state index is 0.101. The van der Waals surface area contributed by atoms with Crippen LogP contribution in [0.25, 0.3) is 0 Å². The second-order valence-electron chi connectivity index (χ2n) is 7.12. The van der Waals surface area contributed by atoms with Gasteiger partial charge in [-0.2, -0.15) is 0 Å². The Morgan fingerprint density at radius 3 is 2.43 bits per heavy atom. The van der Waals surface area contributed by atoms with Crippen molar-refractivity contribution in [3.63, 3.8) is 0 Å². The lowest BCUT2D eigenvalue weighted by atomic mass is 10.0. The van der Waals surface area contributed by atoms with Gasteiger partial charge in [-0.1, -0.05) is 6.07 Å². The summed E-state index contributed by atoms with van der Waals surface area (Å²) >= 11 is 0. The third-order valence-electron chi connectivity index (χ3n) is 3.46. The zero-order valence-corrected chi connectivity index (χ0v) is 16.8. The first-order valence-electron chi connectivity index (χ1n) is 8.97. The van der Waals surface area contributed by atoms with Crippen LogP contribution in [-0.4, -0.2) is 67.3 Å². The molecule has 1 unspecified atom stereocenters. The Labute approximate surface area is 165 Å². The van der Waals surface area contributed by atoms with E-state index in [0.29, 0.717) is 25.4 Å². The normalized spacial score (nSPS) is 12.3. The van der Waals surface area contributed by atoms with E-state index >= 15 is 0 Å². The SMILES string of the molecule is COCCOCCNC(=O)C(Cc1ccc(O)c(O)c1)NC(=O)OC(C)(C)C. The zero-order valence-electron chi connectivity index (χ0n) is 16.8. The molecule has 158 valence electrons. The van der Waals surface area contributed by atoms with Gasteiger partial charge in [-0.05, 0) is 38.5 Å². The number of methoxy groups -OCH3 is 1. The summed E-state index contributed by atoms with van der Waals surface area (Å²) in [6.45, 7) is 6.59. The van der Waals surface area contributed by atoms with Crippen LogP contribution in [0, 0.1) is 0 Å². The van der Waals surface area contributed by atoms with Gasteiger partial charge in [0, 0.05) is 20.1 Å². The molecule has 1 rings (SSSR count). The monoisotopic (exact) mass is 398 g/mol. The number of amides is 2. The molecule has 0 aliphatic heterocycles. The molecule has 2 amide bonds. The average molecular weight is 398 g/mol. The first kappa shape index (κ1) is 23.5. The summed E-state index contributed by atoms with van der Waals surface area (Å²) in [5.74, 6) is -0.993. The van der Waals surface area contributed by atoms with Crippen LogP contribution in [0.15, 0.2) is 18.2 Å². The van der Waals surface area contributed by atoms with Crippen molar-refractivity contribution in [1.82, 2.24) is 10.6 Å². The van der Waals surface area contributed by atoms with E-state index in [2.05, 4.69) is 10.6 Å². The van der Waals surface area contributed by atoms with Crippen molar-refractivity contribution in [3.8, 4) is 11.5 Å². The van der Waals surface area contributed by atoms with Crippen LogP contribution >= 0.6 is 0 Å². The number of aromatic hydroxyl groups is 2. The van der Waals surface area contributed by atoms with E-state index in [9.17, 15) is 19.8 Å². The van der Waals surface area contributed by atoms with Crippen molar-refractivity contribution < 1.29 is 34.0 Å². The van der Waals surface area contributed by atoms with Gasteiger partial charge in [0.2, 0.25) is 5.91 Å². The van der Waals surface area contributed by atoms with Gasteiger partial charge in [-0.15, -0.1) is 0 Å². The van der Waals surface area contributed by atoms with Crippen LogP contribution in [0.5, 0.6) is 11.5 Å². The number of ether oxygens (including phenoxy) is 3. The van der Waals surface area contributed by atoms with Crippen molar-refractivity contribution in [2.45, 2.75) is 38.8 Å². The van der Waals surface area contributed by atoms with Gasteiger partial charge in [0.05, 0.1) is 19.8 Å². The van der Waals surface area contributed by atoms with Crippen molar-refractivity contribution in [1.29, 1.82) is 0 Å². The fraction of sp³-hybridized carbons (Fsp3) is 0.579. The first-order valence-corrected chi connectivity index (χ1v) is 8.97. The smallest absolute Gasteiger partial charge is 0.408 e. The molecule has 0 spiro atoms. The first-order chi connectivity index (χ1) is 13.1. The van der Waals surface area contributed by atoms with Crippen LogP contribution < -0.4 is 10.6 Å². The molecule has 1 aromatic carbocycles. The van der Waals surface area contributed by atoms with Crippen LogP contribution in [0.1, 0.15) is 26.3 Å². The number of rotatable bonds is 10. The standard InChI is InChI=1S/C19H30N2O7/c1-19(2,3)28-18(25)21-14(11-13-5-6-15(22)16(23)12-13)17(24)20-7-8-27-10-9-26-4/h5-6,12,14,22-23H,7-11H2,1-4H3,(H,20,24)(H,21,25). The minimum atomic E-state index is -0.933. The highest BCUT2D eigenvalue weighted by atomic mass is 16.6. The highest BCUT2D eigenvalue weighted by molar-refractivity contribution is 5.86. The molecule has 0 radical (unpaired) electrons. The Hall–Kier alpha value is -2.52. The van der Waals surface area contributed by atoms with Gasteiger partial charge in [0.15, 0.2) is 11.5 Å². The molecule has 1 aromatic rings. The maximum atomic E-state index is 12.5. The third kappa shape index (κ3) is 9.43. The maximum Gasteiger partial charge on any atom is 0.408 e. The van der Waals surface area contributed by atoms with E-state index in [4.69, 9.17) is 14.2 Å². The number of carbonyl (C=O) groups is 2. The number of hydrogen-bond donors (Lipinski definition) is 4. The third-order valence-corrected chi connectivity index (χ3v) is 3.46. The van der Waals surface area contributed by atoms with Gasteiger partial charge in [0.1, 0.15) is 11.6 Å². The van der Waals surface area contributed by atoms with Crippen molar-refractivity contribution in [2.75, 3.05) is 33.5 Å². The molecule has 0 aliphatic carbocycles. The number of phenolic OH excluding ortho intramolecular Hbond substituents is 2. The second-order valence-corrected chi connectivity index (χ2v) is 7.12. The van der Waals surface area contributed by atoms with E-state index in [1.807, 2.05) is 0 Å². The average Bonchev–Trinajstić information content (AvgIpc) is 2.58. The van der Waals surface area contributed by atoms with Crippen LogP contribution in [-0.2, 0) is 25.4 Å². The number of benzene rings is 1. The molecule has 0 fully saturated rings. The molecule has 4 N–H and O–H groups in total. The Morgan fingerprint density at radius 1 is 1.11 bits per heavy atom. The summed E-state index contributed by atoms with van der Waals surface area (Å²) in [5, 5.41) is 24.3. The molecule has 9 heteroatoms. The largest absolute Gasteiger partial charge is 0.504 e. The van der Waals surface area contributed by atoms with Crippen LogP contribution in [0.3, 0.4) is 0 Å². The lowest BCUT2D eigenvalue weighted by Crippen LogP contribution is -2.49. The summed E-state index contributed by atoms with van der Waals surface area (Å²) in [6, 6.07) is 3.27. The summed E-state index contributed by atoms with van der Waals surface area (Å²) in [6.07, 6.45) is -0.629. The zero-order chi connectivity index (χ0) is 21.2. The summed E-state index contributed by atoms with van der Waals surface area (Å²) in [5.41, 5.74) is -0.153. The molecular weight excluding hydrogens is 368 g/mol. The fourth-order valence-electron chi connectivity index (χ4n) is 2.20.